The second-order valence-corrected chi connectivity index (χ2v) is 9.05. The zero-order chi connectivity index (χ0) is 22.7. The maximum atomic E-state index is 13.0. The van der Waals surface area contributed by atoms with Gasteiger partial charge in [0.25, 0.3) is 11.8 Å². The molecule has 2 amide bonds. The minimum Gasteiger partial charge on any atom is -0.451 e. The molecule has 3 aromatic rings. The van der Waals surface area contributed by atoms with Crippen molar-refractivity contribution in [1.29, 1.82) is 0 Å². The van der Waals surface area contributed by atoms with Crippen molar-refractivity contribution in [2.75, 3.05) is 25.6 Å². The van der Waals surface area contributed by atoms with E-state index in [1.165, 1.54) is 17.4 Å². The third-order valence-corrected chi connectivity index (χ3v) is 6.75. The van der Waals surface area contributed by atoms with E-state index in [0.29, 0.717) is 41.1 Å². The minimum absolute atomic E-state index is 0.0795. The zero-order valence-corrected chi connectivity index (χ0v) is 19.0. The Morgan fingerprint density at radius 3 is 2.78 bits per heavy atom. The van der Waals surface area contributed by atoms with Crippen molar-refractivity contribution in [3.8, 4) is 0 Å². The number of hydrogen-bond donors (Lipinski definition) is 2. The number of thiophene rings is 1. The molecule has 7 nitrogen and oxygen atoms in total. The molecule has 0 bridgehead atoms. The maximum absolute atomic E-state index is 13.0. The summed E-state index contributed by atoms with van der Waals surface area (Å²) in [5.74, 6) is -0.827. The molecule has 8 heteroatoms. The fourth-order valence-electron chi connectivity index (χ4n) is 3.95. The van der Waals surface area contributed by atoms with Gasteiger partial charge in [-0.05, 0) is 56.7 Å². The summed E-state index contributed by atoms with van der Waals surface area (Å²) in [7, 11) is 1.62. The molecule has 4 rings (SSSR count). The lowest BCUT2D eigenvalue weighted by molar-refractivity contribution is 0.0948. The smallest absolute Gasteiger partial charge is 0.292 e. The number of carbonyl (C=O) groups is 2. The highest BCUT2D eigenvalue weighted by atomic mass is 32.1. The van der Waals surface area contributed by atoms with Crippen LogP contribution in [0.4, 0.5) is 5.00 Å². The Kier molecular flexibility index (Phi) is 6.72. The van der Waals surface area contributed by atoms with Gasteiger partial charge in [0.05, 0.1) is 10.9 Å². The topological polar surface area (TPSA) is 97.6 Å². The summed E-state index contributed by atoms with van der Waals surface area (Å²) in [5.41, 5.74) is 2.55. The number of carbonyl (C=O) groups excluding carboxylic acids is 2. The summed E-state index contributed by atoms with van der Waals surface area (Å²) in [6.45, 7) is 2.94. The Balaban J connectivity index is 1.62. The van der Waals surface area contributed by atoms with Crippen LogP contribution in [0.15, 0.2) is 33.5 Å². The van der Waals surface area contributed by atoms with Gasteiger partial charge in [0, 0.05) is 31.2 Å². The van der Waals surface area contributed by atoms with Crippen LogP contribution in [-0.2, 0) is 17.6 Å². The lowest BCUT2D eigenvalue weighted by Crippen LogP contribution is -2.27. The van der Waals surface area contributed by atoms with E-state index in [1.54, 1.807) is 19.2 Å². The number of benzene rings is 1. The molecule has 0 atom stereocenters. The van der Waals surface area contributed by atoms with Crippen molar-refractivity contribution < 1.29 is 18.7 Å². The van der Waals surface area contributed by atoms with E-state index in [1.807, 2.05) is 13.0 Å². The average Bonchev–Trinajstić information content (AvgIpc) is 3.14. The predicted molar refractivity (Wildman–Crippen MR) is 125 cm³/mol. The average molecular weight is 455 g/mol. The fraction of sp³-hybridized carbons (Fsp3) is 0.375. The molecule has 1 aliphatic carbocycles. The number of anilines is 1. The van der Waals surface area contributed by atoms with Crippen molar-refractivity contribution in [2.45, 2.75) is 39.0 Å². The van der Waals surface area contributed by atoms with E-state index in [0.717, 1.165) is 41.7 Å². The van der Waals surface area contributed by atoms with Crippen LogP contribution in [0.25, 0.3) is 11.0 Å². The Morgan fingerprint density at radius 1 is 1.16 bits per heavy atom. The van der Waals surface area contributed by atoms with E-state index in [4.69, 9.17) is 9.15 Å². The van der Waals surface area contributed by atoms with Crippen LogP contribution in [0.5, 0.6) is 0 Å². The lowest BCUT2D eigenvalue weighted by Gasteiger charge is -2.13. The van der Waals surface area contributed by atoms with Crippen molar-refractivity contribution in [1.82, 2.24) is 5.32 Å². The largest absolute Gasteiger partial charge is 0.451 e. The minimum atomic E-state index is -0.545. The molecule has 168 valence electrons. The molecular formula is C24H26N2O5S. The fourth-order valence-corrected chi connectivity index (χ4v) is 5.23. The first-order valence-electron chi connectivity index (χ1n) is 10.8. The first kappa shape index (κ1) is 22.2. The SMILES string of the molecule is COCCCNC(=O)c1c(NC(=O)c2cc(=O)c3cc(C)ccc3o2)sc2c1CCCC2. The van der Waals surface area contributed by atoms with Crippen LogP contribution >= 0.6 is 11.3 Å². The van der Waals surface area contributed by atoms with Gasteiger partial charge in [-0.1, -0.05) is 11.6 Å². The number of aryl methyl sites for hydroxylation is 2. The number of nitrogens with one attached hydrogen (secondary N) is 2. The predicted octanol–water partition coefficient (Wildman–Crippen LogP) is 4.06. The molecular weight excluding hydrogens is 428 g/mol. The number of fused-ring (bicyclic) bond motifs is 2. The van der Waals surface area contributed by atoms with Gasteiger partial charge in [0.15, 0.2) is 11.2 Å². The zero-order valence-electron chi connectivity index (χ0n) is 18.2. The van der Waals surface area contributed by atoms with Crippen molar-refractivity contribution in [2.24, 2.45) is 0 Å². The summed E-state index contributed by atoms with van der Waals surface area (Å²) in [4.78, 5) is 39.6. The molecule has 2 N–H and O–H groups in total. The maximum Gasteiger partial charge on any atom is 0.292 e. The molecule has 2 aromatic heterocycles. The van der Waals surface area contributed by atoms with Gasteiger partial charge in [-0.2, -0.15) is 0 Å². The quantitative estimate of drug-likeness (QED) is 0.525. The summed E-state index contributed by atoms with van der Waals surface area (Å²) in [6, 6.07) is 6.45. The number of rotatable bonds is 7. The van der Waals surface area contributed by atoms with Crippen LogP contribution in [0.1, 0.15) is 56.2 Å². The monoisotopic (exact) mass is 454 g/mol. The molecule has 0 aliphatic heterocycles. The molecule has 0 unspecified atom stereocenters. The summed E-state index contributed by atoms with van der Waals surface area (Å²) in [5, 5.41) is 6.69. The standard InChI is InChI=1S/C24H26N2O5S/c1-14-8-9-18-16(12-14)17(27)13-19(31-18)22(28)26-24-21(23(29)25-10-5-11-30-2)15-6-3-4-7-20(15)32-24/h8-9,12-13H,3-7,10-11H2,1-2H3,(H,25,29)(H,26,28). The second kappa shape index (κ2) is 9.67. The normalized spacial score (nSPS) is 13.1. The third-order valence-electron chi connectivity index (χ3n) is 5.54. The second-order valence-electron chi connectivity index (χ2n) is 7.95. The van der Waals surface area contributed by atoms with Crippen molar-refractivity contribution in [3.05, 3.63) is 61.8 Å². The molecule has 0 radical (unpaired) electrons. The van der Waals surface area contributed by atoms with E-state index in [-0.39, 0.29) is 17.1 Å². The van der Waals surface area contributed by atoms with Crippen LogP contribution in [0, 0.1) is 6.92 Å². The Labute approximate surface area is 189 Å². The number of amides is 2. The van der Waals surface area contributed by atoms with Crippen molar-refractivity contribution >= 4 is 39.1 Å². The van der Waals surface area contributed by atoms with Gasteiger partial charge in [0.2, 0.25) is 0 Å². The molecule has 32 heavy (non-hydrogen) atoms. The third kappa shape index (κ3) is 4.61. The van der Waals surface area contributed by atoms with Gasteiger partial charge < -0.3 is 19.8 Å². The van der Waals surface area contributed by atoms with E-state index in [2.05, 4.69) is 10.6 Å². The molecule has 1 aliphatic rings. The van der Waals surface area contributed by atoms with Crippen LogP contribution < -0.4 is 16.1 Å². The number of ether oxygens (including phenoxy) is 1. The van der Waals surface area contributed by atoms with Crippen LogP contribution in [0.2, 0.25) is 0 Å². The van der Waals surface area contributed by atoms with Crippen LogP contribution in [-0.4, -0.2) is 32.1 Å². The molecule has 1 aromatic carbocycles. The Bertz CT molecular complexity index is 1230. The first-order chi connectivity index (χ1) is 15.5. The molecule has 0 saturated heterocycles. The summed E-state index contributed by atoms with van der Waals surface area (Å²) < 4.78 is 10.7. The molecule has 2 heterocycles. The van der Waals surface area contributed by atoms with Gasteiger partial charge in [-0.15, -0.1) is 11.3 Å². The summed E-state index contributed by atoms with van der Waals surface area (Å²) in [6.07, 6.45) is 4.49. The van der Waals surface area contributed by atoms with Crippen molar-refractivity contribution in [3.63, 3.8) is 0 Å². The van der Waals surface area contributed by atoms with Crippen LogP contribution in [0.3, 0.4) is 0 Å². The molecule has 0 fully saturated rings. The van der Waals surface area contributed by atoms with Gasteiger partial charge >= 0.3 is 0 Å². The highest BCUT2D eigenvalue weighted by Crippen LogP contribution is 2.38. The van der Waals surface area contributed by atoms with Gasteiger partial charge in [-0.3, -0.25) is 14.4 Å². The highest BCUT2D eigenvalue weighted by molar-refractivity contribution is 7.17. The molecule has 0 spiro atoms. The molecule has 0 saturated carbocycles. The van der Waals surface area contributed by atoms with Gasteiger partial charge in [0.1, 0.15) is 10.6 Å². The highest BCUT2D eigenvalue weighted by Gasteiger charge is 2.27. The van der Waals surface area contributed by atoms with Gasteiger partial charge in [-0.25, -0.2) is 0 Å². The van der Waals surface area contributed by atoms with E-state index in [9.17, 15) is 14.4 Å². The van der Waals surface area contributed by atoms with E-state index >= 15 is 0 Å². The number of methoxy groups -OCH3 is 1. The Morgan fingerprint density at radius 2 is 1.97 bits per heavy atom. The summed E-state index contributed by atoms with van der Waals surface area (Å²) >= 11 is 1.43. The van der Waals surface area contributed by atoms with E-state index < -0.39 is 5.91 Å². The number of hydrogen-bond acceptors (Lipinski definition) is 6. The lowest BCUT2D eigenvalue weighted by atomic mass is 9.95. The first-order valence-corrected chi connectivity index (χ1v) is 11.6. The Hall–Kier alpha value is -2.97.